The molecule has 0 bridgehead atoms. The van der Waals surface area contributed by atoms with E-state index in [9.17, 15) is 0 Å². The van der Waals surface area contributed by atoms with Crippen LogP contribution in [0.5, 0.6) is 5.75 Å². The van der Waals surface area contributed by atoms with Crippen LogP contribution in [0.4, 0.5) is 0 Å². The van der Waals surface area contributed by atoms with E-state index in [1.165, 1.54) is 5.56 Å². The van der Waals surface area contributed by atoms with Gasteiger partial charge in [-0.25, -0.2) is 0 Å². The van der Waals surface area contributed by atoms with Gasteiger partial charge >= 0.3 is 0 Å². The topological polar surface area (TPSA) is 39.7 Å². The summed E-state index contributed by atoms with van der Waals surface area (Å²) in [7, 11) is 3.37. The molecule has 1 N–H and O–H groups in total. The van der Waals surface area contributed by atoms with Gasteiger partial charge in [-0.15, -0.1) is 0 Å². The van der Waals surface area contributed by atoms with Crippen LogP contribution in [0.2, 0.25) is 0 Å². The summed E-state index contributed by atoms with van der Waals surface area (Å²) in [5.41, 5.74) is 2.36. The molecule has 0 saturated carbocycles. The van der Waals surface area contributed by atoms with Crippen molar-refractivity contribution in [3.63, 3.8) is 0 Å². The van der Waals surface area contributed by atoms with Gasteiger partial charge in [-0.1, -0.05) is 24.6 Å². The summed E-state index contributed by atoms with van der Waals surface area (Å²) in [6.07, 6.45) is 0. The van der Waals surface area contributed by atoms with Gasteiger partial charge in [-0.2, -0.15) is 0 Å². The Hall–Kier alpha value is -1.10. The molecule has 0 spiro atoms. The summed E-state index contributed by atoms with van der Waals surface area (Å²) in [4.78, 5) is 0. The van der Waals surface area contributed by atoms with E-state index in [0.29, 0.717) is 19.8 Å². The van der Waals surface area contributed by atoms with Crippen molar-refractivity contribution < 1.29 is 14.2 Å². The summed E-state index contributed by atoms with van der Waals surface area (Å²) in [6.45, 7) is 6.88. The van der Waals surface area contributed by atoms with E-state index in [0.717, 1.165) is 17.9 Å². The monoisotopic (exact) mass is 267 g/mol. The van der Waals surface area contributed by atoms with Gasteiger partial charge in [0.15, 0.2) is 0 Å². The van der Waals surface area contributed by atoms with E-state index in [2.05, 4.69) is 31.3 Å². The van der Waals surface area contributed by atoms with Crippen LogP contribution in [-0.2, 0) is 9.47 Å². The second kappa shape index (κ2) is 8.91. The smallest absolute Gasteiger partial charge is 0.123 e. The van der Waals surface area contributed by atoms with Crippen LogP contribution < -0.4 is 10.1 Å². The third-order valence-electron chi connectivity index (χ3n) is 2.93. The fourth-order valence-corrected chi connectivity index (χ4v) is 1.97. The van der Waals surface area contributed by atoms with Gasteiger partial charge in [0.25, 0.3) is 0 Å². The highest BCUT2D eigenvalue weighted by atomic mass is 16.5. The summed E-state index contributed by atoms with van der Waals surface area (Å²) in [6, 6.07) is 6.34. The second-order valence-corrected chi connectivity index (χ2v) is 4.42. The van der Waals surface area contributed by atoms with Crippen LogP contribution in [0, 0.1) is 6.92 Å². The van der Waals surface area contributed by atoms with Crippen molar-refractivity contribution in [2.45, 2.75) is 19.9 Å². The minimum Gasteiger partial charge on any atom is -0.496 e. The van der Waals surface area contributed by atoms with Crippen LogP contribution in [0.15, 0.2) is 18.2 Å². The lowest BCUT2D eigenvalue weighted by atomic mass is 10.0. The first kappa shape index (κ1) is 16.0. The fourth-order valence-electron chi connectivity index (χ4n) is 1.97. The molecule has 0 radical (unpaired) electrons. The first-order chi connectivity index (χ1) is 9.22. The molecule has 0 heterocycles. The molecule has 0 fully saturated rings. The zero-order valence-corrected chi connectivity index (χ0v) is 12.4. The van der Waals surface area contributed by atoms with Gasteiger partial charge in [-0.3, -0.25) is 0 Å². The number of rotatable bonds is 9. The van der Waals surface area contributed by atoms with E-state index < -0.39 is 0 Å². The molecule has 1 atom stereocenters. The van der Waals surface area contributed by atoms with E-state index in [4.69, 9.17) is 14.2 Å². The summed E-state index contributed by atoms with van der Waals surface area (Å²) in [5.74, 6) is 0.895. The second-order valence-electron chi connectivity index (χ2n) is 4.42. The van der Waals surface area contributed by atoms with Crippen molar-refractivity contribution >= 4 is 0 Å². The number of likely N-dealkylation sites (N-methyl/N-ethyl adjacent to an activating group) is 1. The molecule has 4 nitrogen and oxygen atoms in total. The molecular formula is C15H25NO3. The SMILES string of the molecule is CCNC(COCCOC)c1cc(C)ccc1OC. The van der Waals surface area contributed by atoms with Crippen molar-refractivity contribution in [3.8, 4) is 5.75 Å². The molecule has 0 aliphatic carbocycles. The lowest BCUT2D eigenvalue weighted by Gasteiger charge is -2.21. The van der Waals surface area contributed by atoms with Crippen LogP contribution in [0.25, 0.3) is 0 Å². The van der Waals surface area contributed by atoms with Crippen molar-refractivity contribution in [1.29, 1.82) is 0 Å². The van der Waals surface area contributed by atoms with Crippen molar-refractivity contribution in [2.24, 2.45) is 0 Å². The molecule has 4 heteroatoms. The van der Waals surface area contributed by atoms with Gasteiger partial charge in [0, 0.05) is 12.7 Å². The molecule has 0 aliphatic heterocycles. The van der Waals surface area contributed by atoms with E-state index in [1.807, 2.05) is 6.07 Å². The standard InChI is InChI=1S/C15H25NO3/c1-5-16-14(11-19-9-8-17-3)13-10-12(2)6-7-15(13)18-4/h6-7,10,14,16H,5,8-9,11H2,1-4H3. The normalized spacial score (nSPS) is 12.4. The van der Waals surface area contributed by atoms with Gasteiger partial charge in [-0.05, 0) is 19.5 Å². The summed E-state index contributed by atoms with van der Waals surface area (Å²) in [5, 5.41) is 3.43. The van der Waals surface area contributed by atoms with Crippen LogP contribution in [-0.4, -0.2) is 40.6 Å². The van der Waals surface area contributed by atoms with Crippen molar-refractivity contribution in [2.75, 3.05) is 40.6 Å². The van der Waals surface area contributed by atoms with E-state index in [-0.39, 0.29) is 6.04 Å². The Bertz CT molecular complexity index is 368. The molecule has 1 aromatic rings. The molecule has 19 heavy (non-hydrogen) atoms. The Kier molecular flexibility index (Phi) is 7.48. The zero-order chi connectivity index (χ0) is 14.1. The maximum Gasteiger partial charge on any atom is 0.123 e. The fraction of sp³-hybridized carbons (Fsp3) is 0.600. The maximum absolute atomic E-state index is 5.64. The van der Waals surface area contributed by atoms with Crippen LogP contribution >= 0.6 is 0 Å². The minimum absolute atomic E-state index is 0.136. The molecule has 0 aliphatic rings. The average molecular weight is 267 g/mol. The third-order valence-corrected chi connectivity index (χ3v) is 2.93. The maximum atomic E-state index is 5.64. The number of ether oxygens (including phenoxy) is 3. The molecular weight excluding hydrogens is 242 g/mol. The Morgan fingerprint density at radius 1 is 1.21 bits per heavy atom. The van der Waals surface area contributed by atoms with Crippen LogP contribution in [0.3, 0.4) is 0 Å². The molecule has 1 rings (SSSR count). The number of hydrogen-bond donors (Lipinski definition) is 1. The van der Waals surface area contributed by atoms with Crippen molar-refractivity contribution in [3.05, 3.63) is 29.3 Å². The Morgan fingerprint density at radius 3 is 2.63 bits per heavy atom. The Labute approximate surface area is 116 Å². The largest absolute Gasteiger partial charge is 0.496 e. The van der Waals surface area contributed by atoms with Crippen molar-refractivity contribution in [1.82, 2.24) is 5.32 Å². The number of nitrogens with one attached hydrogen (secondary N) is 1. The Balaban J connectivity index is 2.76. The predicted octanol–water partition coefficient (Wildman–Crippen LogP) is 2.32. The first-order valence-corrected chi connectivity index (χ1v) is 6.67. The van der Waals surface area contributed by atoms with Crippen LogP contribution in [0.1, 0.15) is 24.1 Å². The number of aryl methyl sites for hydroxylation is 1. The summed E-state index contributed by atoms with van der Waals surface area (Å²) < 4.78 is 16.1. The molecule has 0 amide bonds. The predicted molar refractivity (Wildman–Crippen MR) is 76.8 cm³/mol. The number of methoxy groups -OCH3 is 2. The number of benzene rings is 1. The summed E-state index contributed by atoms with van der Waals surface area (Å²) >= 11 is 0. The van der Waals surface area contributed by atoms with Gasteiger partial charge in [0.1, 0.15) is 5.75 Å². The number of hydrogen-bond acceptors (Lipinski definition) is 4. The first-order valence-electron chi connectivity index (χ1n) is 6.67. The Morgan fingerprint density at radius 2 is 2.00 bits per heavy atom. The van der Waals surface area contributed by atoms with Gasteiger partial charge < -0.3 is 19.5 Å². The quantitative estimate of drug-likeness (QED) is 0.697. The highest BCUT2D eigenvalue weighted by Gasteiger charge is 2.15. The molecule has 1 unspecified atom stereocenters. The molecule has 0 saturated heterocycles. The molecule has 108 valence electrons. The molecule has 0 aromatic heterocycles. The third kappa shape index (κ3) is 5.19. The highest BCUT2D eigenvalue weighted by molar-refractivity contribution is 5.39. The van der Waals surface area contributed by atoms with Gasteiger partial charge in [0.05, 0.1) is 33.0 Å². The van der Waals surface area contributed by atoms with E-state index >= 15 is 0 Å². The lowest BCUT2D eigenvalue weighted by molar-refractivity contribution is 0.0584. The molecule has 1 aromatic carbocycles. The average Bonchev–Trinajstić information content (AvgIpc) is 2.42. The lowest BCUT2D eigenvalue weighted by Crippen LogP contribution is -2.26. The zero-order valence-electron chi connectivity index (χ0n) is 12.4. The van der Waals surface area contributed by atoms with Gasteiger partial charge in [0.2, 0.25) is 0 Å². The van der Waals surface area contributed by atoms with E-state index in [1.54, 1.807) is 14.2 Å². The highest BCUT2D eigenvalue weighted by Crippen LogP contribution is 2.26. The minimum atomic E-state index is 0.136.